The molecule has 1 aliphatic heterocycles. The van der Waals surface area contributed by atoms with Crippen molar-refractivity contribution < 1.29 is 14.6 Å². The third-order valence-corrected chi connectivity index (χ3v) is 2.94. The molecule has 0 aromatic heterocycles. The molecule has 0 spiro atoms. The van der Waals surface area contributed by atoms with Crippen LogP contribution in [0.3, 0.4) is 0 Å². The number of hydrogen-bond acceptors (Lipinski definition) is 4. The van der Waals surface area contributed by atoms with Crippen molar-refractivity contribution in [3.05, 3.63) is 0 Å². The molecule has 1 saturated heterocycles. The van der Waals surface area contributed by atoms with Crippen LogP contribution in [0, 0.1) is 0 Å². The highest BCUT2D eigenvalue weighted by molar-refractivity contribution is 5.69. The Labute approximate surface area is 97.0 Å². The second kappa shape index (κ2) is 6.83. The largest absolute Gasteiger partial charge is 0.480 e. The maximum Gasteiger partial charge on any atom is 0.317 e. The summed E-state index contributed by atoms with van der Waals surface area (Å²) in [5, 5.41) is 8.75. The van der Waals surface area contributed by atoms with Crippen molar-refractivity contribution >= 4 is 5.97 Å². The van der Waals surface area contributed by atoms with Crippen LogP contribution in [0.15, 0.2) is 0 Å². The zero-order valence-electron chi connectivity index (χ0n) is 10.2. The number of ether oxygens (including phenoxy) is 1. The molecule has 94 valence electrons. The number of nitrogens with zero attached hydrogens (tertiary/aromatic N) is 2. The van der Waals surface area contributed by atoms with E-state index in [1.165, 1.54) is 0 Å². The Hall–Kier alpha value is -0.650. The third kappa shape index (κ3) is 4.47. The van der Waals surface area contributed by atoms with E-state index in [0.717, 1.165) is 32.8 Å². The summed E-state index contributed by atoms with van der Waals surface area (Å²) in [6.07, 6.45) is 0.146. The van der Waals surface area contributed by atoms with E-state index in [1.54, 1.807) is 0 Å². The standard InChI is InChI=1S/C11H22N2O3/c1-3-12-5-6-16-10(7-12)8-13(4-2)9-11(14)15/h10H,3-9H2,1-2H3,(H,14,15). The molecule has 0 aliphatic carbocycles. The van der Waals surface area contributed by atoms with Gasteiger partial charge in [0.05, 0.1) is 19.3 Å². The van der Waals surface area contributed by atoms with Gasteiger partial charge in [0.2, 0.25) is 0 Å². The molecule has 1 atom stereocenters. The molecule has 0 saturated carbocycles. The Balaban J connectivity index is 2.35. The fourth-order valence-corrected chi connectivity index (χ4v) is 1.96. The van der Waals surface area contributed by atoms with Gasteiger partial charge in [0.15, 0.2) is 0 Å². The lowest BCUT2D eigenvalue weighted by molar-refractivity contribution is -0.139. The van der Waals surface area contributed by atoms with E-state index < -0.39 is 5.97 Å². The fourth-order valence-electron chi connectivity index (χ4n) is 1.96. The van der Waals surface area contributed by atoms with Gasteiger partial charge in [-0.3, -0.25) is 14.6 Å². The maximum atomic E-state index is 10.6. The van der Waals surface area contributed by atoms with E-state index in [0.29, 0.717) is 6.54 Å². The van der Waals surface area contributed by atoms with Gasteiger partial charge in [-0.1, -0.05) is 13.8 Å². The summed E-state index contributed by atoms with van der Waals surface area (Å²) >= 11 is 0. The van der Waals surface area contributed by atoms with E-state index in [1.807, 2.05) is 11.8 Å². The van der Waals surface area contributed by atoms with Crippen molar-refractivity contribution in [2.45, 2.75) is 20.0 Å². The first-order valence-electron chi connectivity index (χ1n) is 5.93. The molecular weight excluding hydrogens is 208 g/mol. The molecule has 1 heterocycles. The van der Waals surface area contributed by atoms with Crippen molar-refractivity contribution in [3.8, 4) is 0 Å². The van der Waals surface area contributed by atoms with Crippen LogP contribution < -0.4 is 0 Å². The van der Waals surface area contributed by atoms with Gasteiger partial charge in [0, 0.05) is 19.6 Å². The van der Waals surface area contributed by atoms with E-state index in [2.05, 4.69) is 11.8 Å². The molecule has 1 unspecified atom stereocenters. The first-order chi connectivity index (χ1) is 7.65. The zero-order chi connectivity index (χ0) is 12.0. The summed E-state index contributed by atoms with van der Waals surface area (Å²) in [6, 6.07) is 0. The monoisotopic (exact) mass is 230 g/mol. The first-order valence-corrected chi connectivity index (χ1v) is 5.93. The summed E-state index contributed by atoms with van der Waals surface area (Å²) in [6.45, 7) is 9.35. The van der Waals surface area contributed by atoms with Gasteiger partial charge in [-0.2, -0.15) is 0 Å². The van der Waals surface area contributed by atoms with Gasteiger partial charge >= 0.3 is 5.97 Å². The molecular formula is C11H22N2O3. The number of morpholine rings is 1. The Bertz CT molecular complexity index is 223. The minimum atomic E-state index is -0.773. The van der Waals surface area contributed by atoms with Crippen molar-refractivity contribution in [2.24, 2.45) is 0 Å². The summed E-state index contributed by atoms with van der Waals surface area (Å²) < 4.78 is 5.65. The minimum absolute atomic E-state index is 0.0997. The number of carboxylic acids is 1. The van der Waals surface area contributed by atoms with Gasteiger partial charge < -0.3 is 9.84 Å². The lowest BCUT2D eigenvalue weighted by Crippen LogP contribution is -2.48. The van der Waals surface area contributed by atoms with Crippen LogP contribution in [-0.4, -0.2) is 72.9 Å². The average Bonchev–Trinajstić information content (AvgIpc) is 2.28. The Kier molecular flexibility index (Phi) is 5.73. The van der Waals surface area contributed by atoms with Crippen LogP contribution >= 0.6 is 0 Å². The smallest absolute Gasteiger partial charge is 0.317 e. The third-order valence-electron chi connectivity index (χ3n) is 2.94. The van der Waals surface area contributed by atoms with Gasteiger partial charge in [-0.15, -0.1) is 0 Å². The molecule has 1 aliphatic rings. The number of rotatable bonds is 6. The minimum Gasteiger partial charge on any atom is -0.480 e. The van der Waals surface area contributed by atoms with E-state index >= 15 is 0 Å². The SMILES string of the molecule is CCN1CCOC(CN(CC)CC(=O)O)C1. The molecule has 1 N–H and O–H groups in total. The first kappa shape index (κ1) is 13.4. The maximum absolute atomic E-state index is 10.6. The van der Waals surface area contributed by atoms with Crippen LogP contribution in [0.25, 0.3) is 0 Å². The van der Waals surface area contributed by atoms with Crippen LogP contribution in [0.5, 0.6) is 0 Å². The predicted octanol–water partition coefficient (Wildman–Crippen LogP) is 0.114. The molecule has 0 bridgehead atoms. The number of aliphatic carboxylic acids is 1. The van der Waals surface area contributed by atoms with Crippen molar-refractivity contribution in [2.75, 3.05) is 45.9 Å². The van der Waals surface area contributed by atoms with Crippen LogP contribution in [0.2, 0.25) is 0 Å². The van der Waals surface area contributed by atoms with Gasteiger partial charge in [-0.05, 0) is 13.1 Å². The van der Waals surface area contributed by atoms with Crippen LogP contribution in [0.1, 0.15) is 13.8 Å². The number of carbonyl (C=O) groups is 1. The van der Waals surface area contributed by atoms with E-state index in [4.69, 9.17) is 9.84 Å². The summed E-state index contributed by atoms with van der Waals surface area (Å²) in [5.74, 6) is -0.773. The summed E-state index contributed by atoms with van der Waals surface area (Å²) in [5.41, 5.74) is 0. The van der Waals surface area contributed by atoms with Crippen molar-refractivity contribution in [1.29, 1.82) is 0 Å². The average molecular weight is 230 g/mol. The molecule has 0 aromatic rings. The van der Waals surface area contributed by atoms with Gasteiger partial charge in [0.1, 0.15) is 0 Å². The Morgan fingerprint density at radius 3 is 2.88 bits per heavy atom. The fraction of sp³-hybridized carbons (Fsp3) is 0.909. The Morgan fingerprint density at radius 2 is 2.31 bits per heavy atom. The van der Waals surface area contributed by atoms with E-state index in [-0.39, 0.29) is 12.6 Å². The van der Waals surface area contributed by atoms with Gasteiger partial charge in [0.25, 0.3) is 0 Å². The van der Waals surface area contributed by atoms with Crippen molar-refractivity contribution in [1.82, 2.24) is 9.80 Å². The highest BCUT2D eigenvalue weighted by atomic mass is 16.5. The predicted molar refractivity (Wildman–Crippen MR) is 61.6 cm³/mol. The molecule has 0 amide bonds. The van der Waals surface area contributed by atoms with E-state index in [9.17, 15) is 4.79 Å². The second-order valence-corrected chi connectivity index (χ2v) is 4.11. The highest BCUT2D eigenvalue weighted by Crippen LogP contribution is 2.06. The van der Waals surface area contributed by atoms with Crippen LogP contribution in [0.4, 0.5) is 0 Å². The normalized spacial score (nSPS) is 22.6. The quantitative estimate of drug-likeness (QED) is 0.702. The lowest BCUT2D eigenvalue weighted by atomic mass is 10.2. The zero-order valence-corrected chi connectivity index (χ0v) is 10.2. The molecule has 0 radical (unpaired) electrons. The van der Waals surface area contributed by atoms with Crippen LogP contribution in [-0.2, 0) is 9.53 Å². The van der Waals surface area contributed by atoms with Crippen molar-refractivity contribution in [3.63, 3.8) is 0 Å². The molecule has 5 heteroatoms. The molecule has 16 heavy (non-hydrogen) atoms. The molecule has 0 aromatic carbocycles. The number of hydrogen-bond donors (Lipinski definition) is 1. The van der Waals surface area contributed by atoms with Gasteiger partial charge in [-0.25, -0.2) is 0 Å². The summed E-state index contributed by atoms with van der Waals surface area (Å²) in [7, 11) is 0. The number of carboxylic acid groups (broad SMARTS) is 1. The molecule has 1 rings (SSSR count). The molecule has 5 nitrogen and oxygen atoms in total. The lowest BCUT2D eigenvalue weighted by Gasteiger charge is -2.34. The highest BCUT2D eigenvalue weighted by Gasteiger charge is 2.21. The second-order valence-electron chi connectivity index (χ2n) is 4.11. The molecule has 1 fully saturated rings. The topological polar surface area (TPSA) is 53.0 Å². The Morgan fingerprint density at radius 1 is 1.56 bits per heavy atom. The number of likely N-dealkylation sites (N-methyl/N-ethyl adjacent to an activating group) is 2. The summed E-state index contributed by atoms with van der Waals surface area (Å²) in [4.78, 5) is 14.9.